The monoisotopic (exact) mass is 422 g/mol. The number of rotatable bonds is 8. The summed E-state index contributed by atoms with van der Waals surface area (Å²) in [5, 5.41) is 21.9. The molecule has 0 saturated heterocycles. The molecular weight excluding hydrogens is 407 g/mol. The van der Waals surface area contributed by atoms with Crippen molar-refractivity contribution < 1.29 is 18.8 Å². The average molecular weight is 423 g/mol. The summed E-state index contributed by atoms with van der Waals surface area (Å²) in [4.78, 5) is 22.4. The zero-order valence-electron chi connectivity index (χ0n) is 15.2. The second-order valence-corrected chi connectivity index (χ2v) is 6.41. The van der Waals surface area contributed by atoms with Gasteiger partial charge in [-0.15, -0.1) is 5.10 Å². The SMILES string of the molecule is COc1nn(CCC(=O)Nc2cnn(Cc3ccc(F)cc3Cl)c2)cc1[N+](=O)[O-]. The molecule has 0 aliphatic carbocycles. The van der Waals surface area contributed by atoms with E-state index >= 15 is 0 Å². The number of anilines is 1. The van der Waals surface area contributed by atoms with Crippen molar-refractivity contribution in [3.63, 3.8) is 0 Å². The van der Waals surface area contributed by atoms with E-state index in [2.05, 4.69) is 15.5 Å². The van der Waals surface area contributed by atoms with Gasteiger partial charge in [-0.25, -0.2) is 4.39 Å². The van der Waals surface area contributed by atoms with E-state index in [-0.39, 0.29) is 35.5 Å². The summed E-state index contributed by atoms with van der Waals surface area (Å²) in [5.41, 5.74) is 0.883. The van der Waals surface area contributed by atoms with Crippen LogP contribution >= 0.6 is 11.6 Å². The maximum absolute atomic E-state index is 13.1. The van der Waals surface area contributed by atoms with Gasteiger partial charge in [0.1, 0.15) is 12.0 Å². The van der Waals surface area contributed by atoms with Gasteiger partial charge in [-0.05, 0) is 17.7 Å². The highest BCUT2D eigenvalue weighted by molar-refractivity contribution is 6.31. The lowest BCUT2D eigenvalue weighted by molar-refractivity contribution is -0.385. The number of nitro groups is 1. The molecule has 1 N–H and O–H groups in total. The molecule has 0 bridgehead atoms. The third kappa shape index (κ3) is 5.08. The third-order valence-corrected chi connectivity index (χ3v) is 4.28. The highest BCUT2D eigenvalue weighted by Gasteiger charge is 2.20. The lowest BCUT2D eigenvalue weighted by Crippen LogP contribution is -2.14. The Labute approximate surface area is 169 Å². The number of hydrogen-bond acceptors (Lipinski definition) is 6. The normalized spacial score (nSPS) is 10.7. The van der Waals surface area contributed by atoms with Crippen LogP contribution in [0.15, 0.2) is 36.8 Å². The smallest absolute Gasteiger partial charge is 0.350 e. The molecule has 3 aromatic rings. The van der Waals surface area contributed by atoms with E-state index in [1.165, 1.54) is 36.3 Å². The van der Waals surface area contributed by atoms with Gasteiger partial charge in [0.15, 0.2) is 0 Å². The summed E-state index contributed by atoms with van der Waals surface area (Å²) in [5.74, 6) is -0.857. The molecule has 0 fully saturated rings. The van der Waals surface area contributed by atoms with Crippen molar-refractivity contribution in [2.45, 2.75) is 19.5 Å². The Balaban J connectivity index is 1.56. The van der Waals surface area contributed by atoms with E-state index in [9.17, 15) is 19.3 Å². The second kappa shape index (κ2) is 8.69. The Bertz CT molecular complexity index is 1050. The van der Waals surface area contributed by atoms with E-state index in [1.807, 2.05) is 0 Å². The minimum atomic E-state index is -0.607. The molecule has 152 valence electrons. The Hall–Kier alpha value is -3.47. The van der Waals surface area contributed by atoms with Gasteiger partial charge in [0.05, 0.1) is 37.0 Å². The van der Waals surface area contributed by atoms with E-state index < -0.39 is 10.7 Å². The van der Waals surface area contributed by atoms with Crippen LogP contribution in [0, 0.1) is 15.9 Å². The first-order chi connectivity index (χ1) is 13.9. The zero-order valence-corrected chi connectivity index (χ0v) is 16.0. The number of methoxy groups -OCH3 is 1. The van der Waals surface area contributed by atoms with Crippen LogP contribution in [0.1, 0.15) is 12.0 Å². The van der Waals surface area contributed by atoms with Crippen LogP contribution in [0.4, 0.5) is 15.8 Å². The molecule has 2 heterocycles. The van der Waals surface area contributed by atoms with Gasteiger partial charge < -0.3 is 10.1 Å². The third-order valence-electron chi connectivity index (χ3n) is 3.93. The molecule has 0 aliphatic rings. The van der Waals surface area contributed by atoms with Crippen molar-refractivity contribution in [3.05, 3.63) is 63.3 Å². The van der Waals surface area contributed by atoms with E-state index in [0.29, 0.717) is 17.8 Å². The molecule has 0 spiro atoms. The quantitative estimate of drug-likeness (QED) is 0.440. The molecule has 12 heteroatoms. The standard InChI is InChI=1S/C17H16ClFN6O4/c1-29-17-15(25(27)28)10-23(22-17)5-4-16(26)21-13-7-20-24(9-13)8-11-2-3-12(19)6-14(11)18/h2-3,6-7,9-10H,4-5,8H2,1H3,(H,21,26). The van der Waals surface area contributed by atoms with Crippen molar-refractivity contribution in [3.8, 4) is 5.88 Å². The largest absolute Gasteiger partial charge is 0.475 e. The van der Waals surface area contributed by atoms with Gasteiger partial charge in [-0.1, -0.05) is 17.7 Å². The van der Waals surface area contributed by atoms with Gasteiger partial charge in [-0.3, -0.25) is 24.3 Å². The number of hydrogen-bond donors (Lipinski definition) is 1. The van der Waals surface area contributed by atoms with Crippen LogP contribution in [0.3, 0.4) is 0 Å². The number of halogens is 2. The van der Waals surface area contributed by atoms with Crippen molar-refractivity contribution >= 4 is 28.9 Å². The first-order valence-corrected chi connectivity index (χ1v) is 8.75. The maximum Gasteiger partial charge on any atom is 0.350 e. The fraction of sp³-hybridized carbons (Fsp3) is 0.235. The average Bonchev–Trinajstić information content (AvgIpc) is 3.29. The number of amides is 1. The van der Waals surface area contributed by atoms with Crippen LogP contribution in [-0.4, -0.2) is 37.5 Å². The number of nitrogens with one attached hydrogen (secondary N) is 1. The van der Waals surface area contributed by atoms with Crippen molar-refractivity contribution in [2.75, 3.05) is 12.4 Å². The van der Waals surface area contributed by atoms with Crippen LogP contribution in [0.2, 0.25) is 5.02 Å². The molecule has 10 nitrogen and oxygen atoms in total. The van der Waals surface area contributed by atoms with Crippen molar-refractivity contribution in [2.24, 2.45) is 0 Å². The predicted molar refractivity (Wildman–Crippen MR) is 101 cm³/mol. The van der Waals surface area contributed by atoms with Crippen LogP contribution in [-0.2, 0) is 17.9 Å². The molecule has 0 saturated carbocycles. The Morgan fingerprint density at radius 3 is 2.83 bits per heavy atom. The molecule has 0 aliphatic heterocycles. The van der Waals surface area contributed by atoms with Gasteiger partial charge in [-0.2, -0.15) is 5.10 Å². The highest BCUT2D eigenvalue weighted by Crippen LogP contribution is 2.24. The number of aryl methyl sites for hydroxylation is 1. The minimum Gasteiger partial charge on any atom is -0.475 e. The molecule has 29 heavy (non-hydrogen) atoms. The van der Waals surface area contributed by atoms with Crippen LogP contribution in [0.5, 0.6) is 5.88 Å². The fourth-order valence-corrected chi connectivity index (χ4v) is 2.78. The molecule has 1 amide bonds. The molecule has 1 aromatic carbocycles. The Kier molecular flexibility index (Phi) is 6.07. The van der Waals surface area contributed by atoms with Gasteiger partial charge in [0.2, 0.25) is 5.91 Å². The predicted octanol–water partition coefficient (Wildman–Crippen LogP) is 2.87. The zero-order chi connectivity index (χ0) is 21.0. The first-order valence-electron chi connectivity index (χ1n) is 8.38. The Morgan fingerprint density at radius 1 is 1.38 bits per heavy atom. The number of ether oxygens (including phenoxy) is 1. The topological polar surface area (TPSA) is 117 Å². The van der Waals surface area contributed by atoms with Crippen LogP contribution < -0.4 is 10.1 Å². The van der Waals surface area contributed by atoms with E-state index in [4.69, 9.17) is 16.3 Å². The van der Waals surface area contributed by atoms with Gasteiger partial charge in [0.25, 0.3) is 0 Å². The summed E-state index contributed by atoms with van der Waals surface area (Å²) in [6.07, 6.45) is 4.32. The fourth-order valence-electron chi connectivity index (χ4n) is 2.56. The number of carbonyl (C=O) groups excluding carboxylic acids is 1. The second-order valence-electron chi connectivity index (χ2n) is 6.00. The maximum atomic E-state index is 13.1. The van der Waals surface area contributed by atoms with Crippen molar-refractivity contribution in [1.29, 1.82) is 0 Å². The molecule has 2 aromatic heterocycles. The Morgan fingerprint density at radius 2 is 2.17 bits per heavy atom. The van der Waals surface area contributed by atoms with E-state index in [0.717, 1.165) is 0 Å². The molecular formula is C17H16ClFN6O4. The molecule has 0 atom stereocenters. The lowest BCUT2D eigenvalue weighted by atomic mass is 10.2. The minimum absolute atomic E-state index is 0.0386. The van der Waals surface area contributed by atoms with Crippen LogP contribution in [0.25, 0.3) is 0 Å². The van der Waals surface area contributed by atoms with E-state index in [1.54, 1.807) is 16.9 Å². The summed E-state index contributed by atoms with van der Waals surface area (Å²) < 4.78 is 20.8. The van der Waals surface area contributed by atoms with Gasteiger partial charge >= 0.3 is 11.6 Å². The number of nitrogens with zero attached hydrogens (tertiary/aromatic N) is 5. The number of aromatic nitrogens is 4. The number of benzene rings is 1. The summed E-state index contributed by atoms with van der Waals surface area (Å²) in [6, 6.07) is 4.09. The van der Waals surface area contributed by atoms with Crippen molar-refractivity contribution in [1.82, 2.24) is 19.6 Å². The van der Waals surface area contributed by atoms with Gasteiger partial charge in [0, 0.05) is 17.6 Å². The summed E-state index contributed by atoms with van der Waals surface area (Å²) >= 11 is 6.00. The lowest BCUT2D eigenvalue weighted by Gasteiger charge is -2.05. The molecule has 0 radical (unpaired) electrons. The number of carbonyl (C=O) groups is 1. The first kappa shape index (κ1) is 20.3. The molecule has 0 unspecified atom stereocenters. The highest BCUT2D eigenvalue weighted by atomic mass is 35.5. The summed E-state index contributed by atoms with van der Waals surface area (Å²) in [6.45, 7) is 0.446. The summed E-state index contributed by atoms with van der Waals surface area (Å²) in [7, 11) is 1.28. The molecule has 3 rings (SSSR count).